The third-order valence-electron chi connectivity index (χ3n) is 4.06. The van der Waals surface area contributed by atoms with Gasteiger partial charge in [-0.2, -0.15) is 13.2 Å². The van der Waals surface area contributed by atoms with Gasteiger partial charge in [-0.1, -0.05) is 0 Å². The van der Waals surface area contributed by atoms with Crippen LogP contribution in [-0.2, 0) is 15.5 Å². The second kappa shape index (κ2) is 8.26. The number of carbonyl (C=O) groups excluding carboxylic acids is 1. The quantitative estimate of drug-likeness (QED) is 0.692. The molecule has 0 bridgehead atoms. The highest BCUT2D eigenvalue weighted by molar-refractivity contribution is 7.85. The molecule has 5 nitrogen and oxygen atoms in total. The fraction of sp³-hybridized carbons (Fsp3) is 0.611. The molecular weight excluding hydrogens is 400 g/mol. The Labute approximate surface area is 164 Å². The summed E-state index contributed by atoms with van der Waals surface area (Å²) in [7, 11) is -2.32. The van der Waals surface area contributed by atoms with Crippen LogP contribution in [0.25, 0.3) is 0 Å². The predicted molar refractivity (Wildman–Crippen MR) is 98.5 cm³/mol. The molecule has 0 aliphatic carbocycles. The average molecular weight is 424 g/mol. The molecule has 0 aromatic heterocycles. The van der Waals surface area contributed by atoms with Crippen molar-refractivity contribution >= 4 is 22.6 Å². The number of ether oxygens (including phenoxy) is 1. The molecule has 1 fully saturated rings. The summed E-state index contributed by atoms with van der Waals surface area (Å²) in [5.74, 6) is -2.08. The molecule has 1 aliphatic heterocycles. The molecule has 1 saturated heterocycles. The number of anilines is 1. The first kappa shape index (κ1) is 22.4. The molecule has 158 valence electrons. The molecule has 28 heavy (non-hydrogen) atoms. The van der Waals surface area contributed by atoms with Gasteiger partial charge in [0, 0.05) is 31.1 Å². The lowest BCUT2D eigenvalue weighted by atomic mass is 10.2. The number of hydrogen-bond acceptors (Lipinski definition) is 4. The van der Waals surface area contributed by atoms with Gasteiger partial charge in [-0.25, -0.2) is 9.18 Å². The molecule has 0 radical (unpaired) electrons. The van der Waals surface area contributed by atoms with Crippen molar-refractivity contribution < 1.29 is 31.3 Å². The number of aryl methyl sites for hydroxylation is 1. The topological polar surface area (TPSA) is 49.9 Å². The lowest BCUT2D eigenvalue weighted by Crippen LogP contribution is -2.50. The molecule has 1 unspecified atom stereocenters. The van der Waals surface area contributed by atoms with E-state index in [0.29, 0.717) is 0 Å². The maximum atomic E-state index is 14.4. The van der Waals surface area contributed by atoms with E-state index in [4.69, 9.17) is 4.74 Å². The smallest absolute Gasteiger partial charge is 0.410 e. The first-order valence-electron chi connectivity index (χ1n) is 8.75. The molecule has 1 heterocycles. The van der Waals surface area contributed by atoms with Crippen molar-refractivity contribution in [3.05, 3.63) is 23.5 Å². The van der Waals surface area contributed by atoms with Crippen LogP contribution in [-0.4, -0.2) is 58.9 Å². The van der Waals surface area contributed by atoms with Crippen LogP contribution < -0.4 is 4.90 Å². The van der Waals surface area contributed by atoms with Gasteiger partial charge in [-0.3, -0.25) is 4.21 Å². The summed E-state index contributed by atoms with van der Waals surface area (Å²) in [6.45, 7) is 7.82. The monoisotopic (exact) mass is 424 g/mol. The molecule has 0 N–H and O–H groups in total. The van der Waals surface area contributed by atoms with Gasteiger partial charge in [0.15, 0.2) is 0 Å². The van der Waals surface area contributed by atoms with E-state index in [1.165, 1.54) is 17.9 Å². The minimum atomic E-state index is -4.58. The summed E-state index contributed by atoms with van der Waals surface area (Å²) in [4.78, 5) is 15.2. The van der Waals surface area contributed by atoms with E-state index in [0.717, 1.165) is 6.07 Å². The van der Waals surface area contributed by atoms with Gasteiger partial charge in [0.25, 0.3) is 0 Å². The van der Waals surface area contributed by atoms with Crippen LogP contribution in [0.2, 0.25) is 0 Å². The first-order chi connectivity index (χ1) is 12.8. The van der Waals surface area contributed by atoms with Crippen LogP contribution in [0.3, 0.4) is 0 Å². The van der Waals surface area contributed by atoms with E-state index in [2.05, 4.69) is 0 Å². The molecule has 1 aromatic carbocycles. The average Bonchev–Trinajstić information content (AvgIpc) is 2.51. The van der Waals surface area contributed by atoms with Crippen LogP contribution in [0.15, 0.2) is 17.0 Å². The Morgan fingerprint density at radius 2 is 1.71 bits per heavy atom. The molecule has 1 aromatic rings. The number of carbonyl (C=O) groups is 1. The van der Waals surface area contributed by atoms with Crippen molar-refractivity contribution in [1.82, 2.24) is 4.90 Å². The largest absolute Gasteiger partial charge is 0.444 e. The maximum Gasteiger partial charge on any atom is 0.410 e. The van der Waals surface area contributed by atoms with E-state index in [-0.39, 0.29) is 42.3 Å². The van der Waals surface area contributed by atoms with Gasteiger partial charge < -0.3 is 14.5 Å². The van der Waals surface area contributed by atoms with E-state index in [1.54, 1.807) is 25.7 Å². The highest BCUT2D eigenvalue weighted by atomic mass is 32.2. The van der Waals surface area contributed by atoms with Crippen LogP contribution >= 0.6 is 0 Å². The molecule has 10 heteroatoms. The van der Waals surface area contributed by atoms with E-state index >= 15 is 0 Å². The van der Waals surface area contributed by atoms with Crippen LogP contribution in [0.5, 0.6) is 0 Å². The second-order valence-corrected chi connectivity index (χ2v) is 9.05. The summed E-state index contributed by atoms with van der Waals surface area (Å²) in [6.07, 6.45) is -5.05. The van der Waals surface area contributed by atoms with E-state index < -0.39 is 40.2 Å². The van der Waals surface area contributed by atoms with Crippen molar-refractivity contribution in [2.75, 3.05) is 36.8 Å². The Morgan fingerprint density at radius 3 is 2.21 bits per heavy atom. The minimum Gasteiger partial charge on any atom is -0.444 e. The van der Waals surface area contributed by atoms with Crippen molar-refractivity contribution in [2.24, 2.45) is 0 Å². The molecule has 1 aliphatic rings. The second-order valence-electron chi connectivity index (χ2n) is 7.63. The number of benzene rings is 1. The van der Waals surface area contributed by atoms with Gasteiger partial charge in [-0.05, 0) is 45.4 Å². The molecule has 0 saturated carbocycles. The Hall–Kier alpha value is -1.84. The fourth-order valence-electron chi connectivity index (χ4n) is 2.81. The van der Waals surface area contributed by atoms with E-state index in [1.807, 2.05) is 0 Å². The lowest BCUT2D eigenvalue weighted by Gasteiger charge is -2.37. The molecule has 1 amide bonds. The van der Waals surface area contributed by atoms with Gasteiger partial charge >= 0.3 is 12.3 Å². The third-order valence-corrected chi connectivity index (χ3v) is 5.58. The Morgan fingerprint density at radius 1 is 1.14 bits per heavy atom. The SMILES string of the molecule is Cc1cc(F)c(N2CCN(C(=O)OC(C)(C)C)CC2)cc1S(=O)CC(F)(F)F. The zero-order valence-corrected chi connectivity index (χ0v) is 17.0. The molecule has 1 atom stereocenters. The molecular formula is C18H24F4N2O3S. The number of halogens is 4. The van der Waals surface area contributed by atoms with E-state index in [9.17, 15) is 26.6 Å². The van der Waals surface area contributed by atoms with Gasteiger partial charge in [0.1, 0.15) is 17.2 Å². The normalized spacial score (nSPS) is 16.9. The Kier molecular flexibility index (Phi) is 6.62. The minimum absolute atomic E-state index is 0.0386. The highest BCUT2D eigenvalue weighted by Crippen LogP contribution is 2.29. The number of nitrogens with zero attached hydrogens (tertiary/aromatic N) is 2. The predicted octanol–water partition coefficient (Wildman–Crippen LogP) is 3.86. The van der Waals surface area contributed by atoms with Crippen molar-refractivity contribution in [1.29, 1.82) is 0 Å². The van der Waals surface area contributed by atoms with Crippen molar-refractivity contribution in [3.8, 4) is 0 Å². The number of amides is 1. The van der Waals surface area contributed by atoms with Crippen molar-refractivity contribution in [3.63, 3.8) is 0 Å². The van der Waals surface area contributed by atoms with Crippen LogP contribution in [0.4, 0.5) is 28.0 Å². The number of hydrogen-bond donors (Lipinski definition) is 0. The van der Waals surface area contributed by atoms with Crippen molar-refractivity contribution in [2.45, 2.75) is 44.4 Å². The zero-order valence-electron chi connectivity index (χ0n) is 16.2. The summed E-state index contributed by atoms with van der Waals surface area (Å²) in [6, 6.07) is 2.31. The highest BCUT2D eigenvalue weighted by Gasteiger charge is 2.32. The van der Waals surface area contributed by atoms with Gasteiger partial charge in [-0.15, -0.1) is 0 Å². The Balaban J connectivity index is 2.13. The number of piperazine rings is 1. The van der Waals surface area contributed by atoms with Crippen LogP contribution in [0, 0.1) is 12.7 Å². The maximum absolute atomic E-state index is 14.4. The first-order valence-corrected chi connectivity index (χ1v) is 10.1. The number of rotatable bonds is 3. The zero-order chi connectivity index (χ0) is 21.3. The van der Waals surface area contributed by atoms with Crippen LogP contribution in [0.1, 0.15) is 26.3 Å². The fourth-order valence-corrected chi connectivity index (χ4v) is 3.93. The van der Waals surface area contributed by atoms with Gasteiger partial charge in [0.05, 0.1) is 16.5 Å². The summed E-state index contributed by atoms with van der Waals surface area (Å²) in [5, 5.41) is 0. The third kappa shape index (κ3) is 6.08. The Bertz CT molecular complexity index is 754. The summed E-state index contributed by atoms with van der Waals surface area (Å²) >= 11 is 0. The summed E-state index contributed by atoms with van der Waals surface area (Å²) < 4.78 is 69.5. The lowest BCUT2D eigenvalue weighted by molar-refractivity contribution is -0.105. The summed E-state index contributed by atoms with van der Waals surface area (Å²) in [5.41, 5.74) is -0.342. The standard InChI is InChI=1S/C18H24F4N2O3S/c1-12-9-13(19)14(10-15(12)28(26)11-18(20,21)22)23-5-7-24(8-6-23)16(25)27-17(2,3)4/h9-10H,5-8,11H2,1-4H3. The number of alkyl halides is 3. The molecule has 2 rings (SSSR count). The van der Waals surface area contributed by atoms with Gasteiger partial charge in [0.2, 0.25) is 0 Å². The molecule has 0 spiro atoms.